The summed E-state index contributed by atoms with van der Waals surface area (Å²) >= 11 is 0. The third kappa shape index (κ3) is 3.48. The van der Waals surface area contributed by atoms with Crippen LogP contribution in [0.3, 0.4) is 0 Å². The predicted octanol–water partition coefficient (Wildman–Crippen LogP) is 1.26. The van der Waals surface area contributed by atoms with Gasteiger partial charge in [0.05, 0.1) is 12.2 Å². The molecule has 0 bridgehead atoms. The van der Waals surface area contributed by atoms with Crippen LogP contribution in [0.4, 0.5) is 0 Å². The largest absolute Gasteiger partial charge is 0.378 e. The molecule has 0 amide bonds. The van der Waals surface area contributed by atoms with Gasteiger partial charge in [0.15, 0.2) is 0 Å². The molecular formula is C15H28N2O2. The molecule has 0 radical (unpaired) electrons. The van der Waals surface area contributed by atoms with Crippen molar-refractivity contribution < 1.29 is 9.47 Å². The summed E-state index contributed by atoms with van der Waals surface area (Å²) in [5.74, 6) is 0.870. The van der Waals surface area contributed by atoms with Gasteiger partial charge in [-0.1, -0.05) is 0 Å². The fourth-order valence-corrected chi connectivity index (χ4v) is 3.66. The van der Waals surface area contributed by atoms with Crippen molar-refractivity contribution in [2.24, 2.45) is 5.92 Å². The second kappa shape index (κ2) is 6.08. The molecule has 4 nitrogen and oxygen atoms in total. The van der Waals surface area contributed by atoms with Crippen molar-refractivity contribution >= 4 is 0 Å². The highest BCUT2D eigenvalue weighted by atomic mass is 16.6. The quantitative estimate of drug-likeness (QED) is 0.835. The van der Waals surface area contributed by atoms with Gasteiger partial charge < -0.3 is 19.7 Å². The van der Waals surface area contributed by atoms with Crippen LogP contribution >= 0.6 is 0 Å². The zero-order chi connectivity index (χ0) is 13.1. The van der Waals surface area contributed by atoms with E-state index in [1.807, 2.05) is 0 Å². The van der Waals surface area contributed by atoms with E-state index in [9.17, 15) is 0 Å². The van der Waals surface area contributed by atoms with Gasteiger partial charge in [-0.15, -0.1) is 0 Å². The average molecular weight is 268 g/mol. The Balaban J connectivity index is 1.42. The summed E-state index contributed by atoms with van der Waals surface area (Å²) in [6, 6.07) is 0.634. The maximum atomic E-state index is 5.99. The van der Waals surface area contributed by atoms with Crippen molar-refractivity contribution in [3.05, 3.63) is 0 Å². The third-order valence-electron chi connectivity index (χ3n) is 5.09. The maximum absolute atomic E-state index is 5.99. The summed E-state index contributed by atoms with van der Waals surface area (Å²) in [5, 5.41) is 3.80. The standard InChI is InChI=1S/C15H28N2O2/c1-17-6-2-13(3-7-17)11-16-14-4-8-19-15(10-14)5-9-18-12-15/h13-14,16H,2-12H2,1H3. The highest BCUT2D eigenvalue weighted by Crippen LogP contribution is 2.32. The van der Waals surface area contributed by atoms with Gasteiger partial charge in [-0.05, 0) is 58.3 Å². The lowest BCUT2D eigenvalue weighted by molar-refractivity contribution is -0.0896. The minimum atomic E-state index is 0.0443. The van der Waals surface area contributed by atoms with E-state index in [0.29, 0.717) is 6.04 Å². The second-order valence-corrected chi connectivity index (χ2v) is 6.68. The Morgan fingerprint density at radius 2 is 2.05 bits per heavy atom. The van der Waals surface area contributed by atoms with Crippen LogP contribution < -0.4 is 5.32 Å². The minimum absolute atomic E-state index is 0.0443. The van der Waals surface area contributed by atoms with Crippen LogP contribution in [-0.4, -0.2) is 63.0 Å². The van der Waals surface area contributed by atoms with Gasteiger partial charge >= 0.3 is 0 Å². The summed E-state index contributed by atoms with van der Waals surface area (Å²) in [4.78, 5) is 2.44. The normalized spacial score (nSPS) is 38.1. The number of hydrogen-bond donors (Lipinski definition) is 1. The summed E-state index contributed by atoms with van der Waals surface area (Å²) < 4.78 is 11.5. The van der Waals surface area contributed by atoms with E-state index in [2.05, 4.69) is 17.3 Å². The van der Waals surface area contributed by atoms with E-state index in [-0.39, 0.29) is 5.60 Å². The second-order valence-electron chi connectivity index (χ2n) is 6.68. The molecule has 3 heterocycles. The van der Waals surface area contributed by atoms with Gasteiger partial charge in [-0.2, -0.15) is 0 Å². The third-order valence-corrected chi connectivity index (χ3v) is 5.09. The Kier molecular flexibility index (Phi) is 4.42. The van der Waals surface area contributed by atoms with E-state index in [1.165, 1.54) is 32.5 Å². The van der Waals surface area contributed by atoms with Crippen molar-refractivity contribution in [1.29, 1.82) is 0 Å². The lowest BCUT2D eigenvalue weighted by Crippen LogP contribution is -2.49. The summed E-state index contributed by atoms with van der Waals surface area (Å²) in [5.41, 5.74) is 0.0443. The van der Waals surface area contributed by atoms with E-state index >= 15 is 0 Å². The van der Waals surface area contributed by atoms with Gasteiger partial charge in [0.2, 0.25) is 0 Å². The Bertz CT molecular complexity index is 284. The summed E-state index contributed by atoms with van der Waals surface area (Å²) in [7, 11) is 2.23. The molecule has 0 saturated carbocycles. The molecule has 4 heteroatoms. The molecule has 3 aliphatic heterocycles. The molecule has 0 aromatic heterocycles. The van der Waals surface area contributed by atoms with E-state index < -0.39 is 0 Å². The minimum Gasteiger partial charge on any atom is -0.378 e. The first kappa shape index (κ1) is 13.8. The topological polar surface area (TPSA) is 33.7 Å². The summed E-state index contributed by atoms with van der Waals surface area (Å²) in [6.45, 7) is 6.29. The van der Waals surface area contributed by atoms with Crippen LogP contribution in [0.5, 0.6) is 0 Å². The highest BCUT2D eigenvalue weighted by Gasteiger charge is 2.40. The number of hydrogen-bond acceptors (Lipinski definition) is 4. The number of rotatable bonds is 3. The molecule has 3 fully saturated rings. The Morgan fingerprint density at radius 1 is 1.21 bits per heavy atom. The van der Waals surface area contributed by atoms with Crippen LogP contribution in [0.2, 0.25) is 0 Å². The molecule has 1 spiro atoms. The number of piperidine rings is 1. The first-order valence-electron chi connectivity index (χ1n) is 7.89. The Labute approximate surface area is 116 Å². The van der Waals surface area contributed by atoms with Crippen molar-refractivity contribution in [3.8, 4) is 0 Å². The average Bonchev–Trinajstić information content (AvgIpc) is 2.86. The first-order valence-corrected chi connectivity index (χ1v) is 7.89. The predicted molar refractivity (Wildman–Crippen MR) is 75.4 cm³/mol. The summed E-state index contributed by atoms with van der Waals surface area (Å²) in [6.07, 6.45) is 6.08. The molecular weight excluding hydrogens is 240 g/mol. The number of likely N-dealkylation sites (tertiary alicyclic amines) is 1. The Hall–Kier alpha value is -0.160. The van der Waals surface area contributed by atoms with Gasteiger partial charge in [-0.3, -0.25) is 0 Å². The number of ether oxygens (including phenoxy) is 2. The van der Waals surface area contributed by atoms with Crippen LogP contribution in [0.15, 0.2) is 0 Å². The lowest BCUT2D eigenvalue weighted by atomic mass is 9.89. The SMILES string of the molecule is CN1CCC(CNC2CCOC3(CCOC3)C2)CC1. The smallest absolute Gasteiger partial charge is 0.0951 e. The molecule has 110 valence electrons. The van der Waals surface area contributed by atoms with E-state index in [4.69, 9.17) is 9.47 Å². The molecule has 0 aliphatic carbocycles. The van der Waals surface area contributed by atoms with Crippen molar-refractivity contribution in [3.63, 3.8) is 0 Å². The van der Waals surface area contributed by atoms with E-state index in [0.717, 1.165) is 45.0 Å². The molecule has 2 unspecified atom stereocenters. The molecule has 3 rings (SSSR count). The van der Waals surface area contributed by atoms with Crippen LogP contribution in [0, 0.1) is 5.92 Å². The monoisotopic (exact) mass is 268 g/mol. The van der Waals surface area contributed by atoms with Gasteiger partial charge in [-0.25, -0.2) is 0 Å². The van der Waals surface area contributed by atoms with Crippen LogP contribution in [0.1, 0.15) is 32.1 Å². The highest BCUT2D eigenvalue weighted by molar-refractivity contribution is 4.93. The molecule has 3 saturated heterocycles. The Morgan fingerprint density at radius 3 is 2.79 bits per heavy atom. The first-order chi connectivity index (χ1) is 9.26. The molecule has 1 N–H and O–H groups in total. The van der Waals surface area contributed by atoms with Crippen molar-refractivity contribution in [2.75, 3.05) is 46.5 Å². The fraction of sp³-hybridized carbons (Fsp3) is 1.00. The van der Waals surface area contributed by atoms with Crippen LogP contribution in [0.25, 0.3) is 0 Å². The maximum Gasteiger partial charge on any atom is 0.0951 e. The van der Waals surface area contributed by atoms with Gasteiger partial charge in [0.25, 0.3) is 0 Å². The lowest BCUT2D eigenvalue weighted by Gasteiger charge is -2.38. The number of nitrogens with one attached hydrogen (secondary N) is 1. The molecule has 2 atom stereocenters. The van der Waals surface area contributed by atoms with Crippen molar-refractivity contribution in [1.82, 2.24) is 10.2 Å². The molecule has 0 aromatic rings. The molecule has 3 aliphatic rings. The van der Waals surface area contributed by atoms with Gasteiger partial charge in [0, 0.05) is 25.7 Å². The zero-order valence-electron chi connectivity index (χ0n) is 12.2. The fourth-order valence-electron chi connectivity index (χ4n) is 3.66. The van der Waals surface area contributed by atoms with Crippen molar-refractivity contribution in [2.45, 2.75) is 43.7 Å². The molecule has 0 aromatic carbocycles. The van der Waals surface area contributed by atoms with Crippen LogP contribution in [-0.2, 0) is 9.47 Å². The van der Waals surface area contributed by atoms with E-state index in [1.54, 1.807) is 0 Å². The number of nitrogens with zero attached hydrogens (tertiary/aromatic N) is 1. The van der Waals surface area contributed by atoms with Gasteiger partial charge in [0.1, 0.15) is 0 Å². The molecule has 19 heavy (non-hydrogen) atoms. The zero-order valence-corrected chi connectivity index (χ0v) is 12.2.